The molecule has 2 aromatic carbocycles. The van der Waals surface area contributed by atoms with Crippen LogP contribution < -0.4 is 10.6 Å². The van der Waals surface area contributed by atoms with Gasteiger partial charge < -0.3 is 15.5 Å². The second kappa shape index (κ2) is 12.4. The summed E-state index contributed by atoms with van der Waals surface area (Å²) in [4.78, 5) is 18.7. The zero-order chi connectivity index (χ0) is 22.3. The number of amides is 1. The Labute approximate surface area is 214 Å². The first kappa shape index (κ1) is 26.5. The van der Waals surface area contributed by atoms with Crippen LogP contribution in [0, 0.1) is 5.92 Å². The average molecular weight is 569 g/mol. The molecule has 0 spiro atoms. The molecule has 1 aliphatic heterocycles. The molecule has 0 radical (unpaired) electrons. The molecule has 3 rings (SSSR count). The molecule has 174 valence electrons. The number of hydrogen-bond acceptors (Lipinski definition) is 2. The Morgan fingerprint density at radius 1 is 1.12 bits per heavy atom. The molecule has 1 amide bonds. The first-order valence-electron chi connectivity index (χ1n) is 10.9. The van der Waals surface area contributed by atoms with Crippen molar-refractivity contribution >= 4 is 47.4 Å². The van der Waals surface area contributed by atoms with E-state index >= 15 is 0 Å². The smallest absolute Gasteiger partial charge is 0.223 e. The lowest BCUT2D eigenvalue weighted by Gasteiger charge is -2.28. The largest absolute Gasteiger partial charge is 0.356 e. The zero-order valence-corrected chi connectivity index (χ0v) is 22.2. The highest BCUT2D eigenvalue weighted by atomic mass is 127. The number of likely N-dealkylation sites (tertiary alicyclic amines) is 1. The fraction of sp³-hybridized carbons (Fsp3) is 0.440. The quantitative estimate of drug-likeness (QED) is 0.280. The van der Waals surface area contributed by atoms with Gasteiger partial charge in [-0.3, -0.25) is 9.79 Å². The number of hydrogen-bond donors (Lipinski definition) is 2. The minimum atomic E-state index is -0.145. The van der Waals surface area contributed by atoms with Crippen LogP contribution in [0.25, 0.3) is 0 Å². The van der Waals surface area contributed by atoms with E-state index in [-0.39, 0.29) is 35.3 Å². The molecule has 1 fully saturated rings. The number of carbonyl (C=O) groups excluding carboxylic acids is 1. The maximum atomic E-state index is 12.4. The van der Waals surface area contributed by atoms with Crippen molar-refractivity contribution < 1.29 is 4.79 Å². The molecular formula is C25H34ClIN4O. The van der Waals surface area contributed by atoms with E-state index in [4.69, 9.17) is 11.6 Å². The third kappa shape index (κ3) is 7.37. The van der Waals surface area contributed by atoms with Crippen LogP contribution in [-0.2, 0) is 16.6 Å². The first-order valence-corrected chi connectivity index (χ1v) is 11.3. The van der Waals surface area contributed by atoms with Crippen molar-refractivity contribution in [1.82, 2.24) is 15.5 Å². The van der Waals surface area contributed by atoms with Gasteiger partial charge in [-0.15, -0.1) is 24.0 Å². The maximum absolute atomic E-state index is 12.4. The van der Waals surface area contributed by atoms with E-state index in [0.717, 1.165) is 42.6 Å². The number of nitrogens with one attached hydrogen (secondary N) is 2. The third-order valence-electron chi connectivity index (χ3n) is 5.89. The minimum absolute atomic E-state index is 0. The predicted octanol–water partition coefficient (Wildman–Crippen LogP) is 4.49. The van der Waals surface area contributed by atoms with E-state index in [1.54, 1.807) is 7.05 Å². The van der Waals surface area contributed by atoms with Crippen molar-refractivity contribution in [2.24, 2.45) is 10.9 Å². The van der Waals surface area contributed by atoms with Crippen molar-refractivity contribution in [2.45, 2.75) is 32.1 Å². The molecular weight excluding hydrogens is 535 g/mol. The molecule has 7 heteroatoms. The Morgan fingerprint density at radius 2 is 1.81 bits per heavy atom. The summed E-state index contributed by atoms with van der Waals surface area (Å²) >= 11 is 6.39. The van der Waals surface area contributed by atoms with E-state index in [9.17, 15) is 4.79 Å². The van der Waals surface area contributed by atoms with Crippen LogP contribution in [0.2, 0.25) is 5.02 Å². The maximum Gasteiger partial charge on any atom is 0.223 e. The SMILES string of the molecule is CN=C(NCC1CC(=O)N(CCc2ccccc2)C1)NCC(C)(C)c1ccccc1Cl.I. The number of halogens is 2. The van der Waals surface area contributed by atoms with Crippen molar-refractivity contribution in [1.29, 1.82) is 0 Å². The lowest BCUT2D eigenvalue weighted by Crippen LogP contribution is -2.45. The van der Waals surface area contributed by atoms with E-state index in [0.29, 0.717) is 18.9 Å². The number of guanidine groups is 1. The Balaban J connectivity index is 0.00000363. The van der Waals surface area contributed by atoms with Gasteiger partial charge in [0.05, 0.1) is 0 Å². The Kier molecular flexibility index (Phi) is 10.3. The van der Waals surface area contributed by atoms with Gasteiger partial charge >= 0.3 is 0 Å². The average Bonchev–Trinajstić information content (AvgIpc) is 3.12. The molecule has 0 aromatic heterocycles. The van der Waals surface area contributed by atoms with Gasteiger partial charge in [-0.2, -0.15) is 0 Å². The van der Waals surface area contributed by atoms with Crippen LogP contribution >= 0.6 is 35.6 Å². The Hall–Kier alpha value is -1.80. The molecule has 5 nitrogen and oxygen atoms in total. The first-order chi connectivity index (χ1) is 14.9. The van der Waals surface area contributed by atoms with Gasteiger partial charge in [0.25, 0.3) is 0 Å². The van der Waals surface area contributed by atoms with Crippen molar-refractivity contribution in [3.63, 3.8) is 0 Å². The molecule has 0 aliphatic carbocycles. The standard InChI is InChI=1S/C25H33ClN4O.HI/c1-25(2,21-11-7-8-12-22(21)26)18-29-24(27-3)28-16-20-15-23(31)30(17-20)14-13-19-9-5-4-6-10-19;/h4-12,20H,13-18H2,1-3H3,(H2,27,28,29);1H. The molecule has 0 bridgehead atoms. The van der Waals surface area contributed by atoms with Crippen LogP contribution in [0.3, 0.4) is 0 Å². The highest BCUT2D eigenvalue weighted by Gasteiger charge is 2.29. The van der Waals surface area contributed by atoms with E-state index < -0.39 is 0 Å². The van der Waals surface area contributed by atoms with Gasteiger partial charge in [-0.25, -0.2) is 0 Å². The Morgan fingerprint density at radius 3 is 2.50 bits per heavy atom. The summed E-state index contributed by atoms with van der Waals surface area (Å²) in [5.41, 5.74) is 2.23. The monoisotopic (exact) mass is 568 g/mol. The van der Waals surface area contributed by atoms with Crippen LogP contribution in [0.5, 0.6) is 0 Å². The van der Waals surface area contributed by atoms with Gasteiger partial charge in [0.15, 0.2) is 5.96 Å². The summed E-state index contributed by atoms with van der Waals surface area (Å²) in [7, 11) is 1.77. The molecule has 2 aromatic rings. The van der Waals surface area contributed by atoms with Crippen molar-refractivity contribution in [3.05, 3.63) is 70.7 Å². The molecule has 1 unspecified atom stereocenters. The number of rotatable bonds is 8. The summed E-state index contributed by atoms with van der Waals surface area (Å²) in [6.07, 6.45) is 1.48. The molecule has 0 saturated carbocycles. The number of benzene rings is 2. The van der Waals surface area contributed by atoms with Gasteiger partial charge in [0.2, 0.25) is 5.91 Å². The Bertz CT molecular complexity index is 904. The zero-order valence-electron chi connectivity index (χ0n) is 19.1. The molecule has 1 heterocycles. The fourth-order valence-corrected chi connectivity index (χ4v) is 4.38. The summed E-state index contributed by atoms with van der Waals surface area (Å²) in [5.74, 6) is 1.28. The number of aliphatic imine (C=N–C) groups is 1. The summed E-state index contributed by atoms with van der Waals surface area (Å²) in [5, 5.41) is 7.58. The van der Waals surface area contributed by atoms with Gasteiger partial charge in [-0.1, -0.05) is 74.0 Å². The van der Waals surface area contributed by atoms with Gasteiger partial charge in [-0.05, 0) is 23.6 Å². The molecule has 2 N–H and O–H groups in total. The number of nitrogens with zero attached hydrogens (tertiary/aromatic N) is 2. The fourth-order valence-electron chi connectivity index (χ4n) is 3.99. The number of carbonyl (C=O) groups is 1. The second-order valence-electron chi connectivity index (χ2n) is 8.82. The van der Waals surface area contributed by atoms with Crippen molar-refractivity contribution in [2.75, 3.05) is 33.2 Å². The molecule has 32 heavy (non-hydrogen) atoms. The second-order valence-corrected chi connectivity index (χ2v) is 9.22. The highest BCUT2D eigenvalue weighted by molar-refractivity contribution is 14.0. The molecule has 1 atom stereocenters. The van der Waals surface area contributed by atoms with E-state index in [1.165, 1.54) is 5.56 Å². The van der Waals surface area contributed by atoms with Crippen LogP contribution in [0.15, 0.2) is 59.6 Å². The van der Waals surface area contributed by atoms with E-state index in [1.807, 2.05) is 41.3 Å². The topological polar surface area (TPSA) is 56.7 Å². The predicted molar refractivity (Wildman–Crippen MR) is 144 cm³/mol. The van der Waals surface area contributed by atoms with Crippen LogP contribution in [-0.4, -0.2) is 50.0 Å². The lowest BCUT2D eigenvalue weighted by atomic mass is 9.84. The minimum Gasteiger partial charge on any atom is -0.356 e. The van der Waals surface area contributed by atoms with Crippen LogP contribution in [0.1, 0.15) is 31.4 Å². The summed E-state index contributed by atoms with van der Waals surface area (Å²) in [6, 6.07) is 18.3. The van der Waals surface area contributed by atoms with E-state index in [2.05, 4.69) is 47.7 Å². The highest BCUT2D eigenvalue weighted by Crippen LogP contribution is 2.29. The molecule has 1 saturated heterocycles. The summed E-state index contributed by atoms with van der Waals surface area (Å²) < 4.78 is 0. The normalized spacial score (nSPS) is 16.6. The lowest BCUT2D eigenvalue weighted by molar-refractivity contribution is -0.127. The third-order valence-corrected chi connectivity index (χ3v) is 6.22. The van der Waals surface area contributed by atoms with Gasteiger partial charge in [0, 0.05) is 56.0 Å². The summed E-state index contributed by atoms with van der Waals surface area (Å²) in [6.45, 7) is 7.31. The molecule has 1 aliphatic rings. The van der Waals surface area contributed by atoms with Crippen molar-refractivity contribution in [3.8, 4) is 0 Å². The van der Waals surface area contributed by atoms with Gasteiger partial charge in [0.1, 0.15) is 0 Å². The van der Waals surface area contributed by atoms with Crippen LogP contribution in [0.4, 0.5) is 0 Å².